The molecule has 0 aromatic heterocycles. The molecule has 3 nitrogen and oxygen atoms in total. The Labute approximate surface area is 115 Å². The van der Waals surface area contributed by atoms with E-state index in [2.05, 4.69) is 45.0 Å². The average Bonchev–Trinajstić information content (AvgIpc) is 2.35. The number of likely N-dealkylation sites (tertiary alicyclic amines) is 1. The van der Waals surface area contributed by atoms with Crippen molar-refractivity contribution in [1.29, 1.82) is 0 Å². The first-order valence-electron chi connectivity index (χ1n) is 7.10. The van der Waals surface area contributed by atoms with Crippen LogP contribution in [0.1, 0.15) is 43.9 Å². The van der Waals surface area contributed by atoms with E-state index in [9.17, 15) is 4.79 Å². The van der Waals surface area contributed by atoms with Gasteiger partial charge in [-0.15, -0.1) is 0 Å². The van der Waals surface area contributed by atoms with Gasteiger partial charge < -0.3 is 10.6 Å². The molecule has 0 radical (unpaired) electrons. The maximum Gasteiger partial charge on any atom is 0.223 e. The topological polar surface area (TPSA) is 46.3 Å². The van der Waals surface area contributed by atoms with Gasteiger partial charge in [0.2, 0.25) is 5.91 Å². The molecule has 104 valence electrons. The zero-order valence-corrected chi connectivity index (χ0v) is 12.1. The van der Waals surface area contributed by atoms with Crippen molar-refractivity contribution >= 4 is 5.91 Å². The lowest BCUT2D eigenvalue weighted by Gasteiger charge is -2.41. The summed E-state index contributed by atoms with van der Waals surface area (Å²) in [6.07, 6.45) is 1.36. The molecule has 1 fully saturated rings. The van der Waals surface area contributed by atoms with E-state index in [0.717, 1.165) is 18.5 Å². The average molecular weight is 260 g/mol. The van der Waals surface area contributed by atoms with Gasteiger partial charge in [0.05, 0.1) is 6.04 Å². The number of amides is 1. The predicted molar refractivity (Wildman–Crippen MR) is 77.7 cm³/mol. The highest BCUT2D eigenvalue weighted by molar-refractivity contribution is 5.78. The summed E-state index contributed by atoms with van der Waals surface area (Å²) in [5.41, 5.74) is 8.67. The SMILES string of the molecule is Cc1ccc(C2C(N)CCC(=O)N2CC(C)C)cc1. The lowest BCUT2D eigenvalue weighted by atomic mass is 9.89. The Balaban J connectivity index is 2.30. The molecule has 2 unspecified atom stereocenters. The Morgan fingerprint density at radius 2 is 1.95 bits per heavy atom. The summed E-state index contributed by atoms with van der Waals surface area (Å²) < 4.78 is 0. The fourth-order valence-electron chi connectivity index (χ4n) is 2.78. The van der Waals surface area contributed by atoms with Gasteiger partial charge in [-0.3, -0.25) is 4.79 Å². The second-order valence-electron chi connectivity index (χ2n) is 6.00. The summed E-state index contributed by atoms with van der Waals surface area (Å²) in [5, 5.41) is 0. The number of nitrogens with two attached hydrogens (primary N) is 1. The third-order valence-corrected chi connectivity index (χ3v) is 3.73. The van der Waals surface area contributed by atoms with Crippen molar-refractivity contribution in [3.8, 4) is 0 Å². The lowest BCUT2D eigenvalue weighted by molar-refractivity contribution is -0.138. The predicted octanol–water partition coefficient (Wildman–Crippen LogP) is 2.64. The van der Waals surface area contributed by atoms with Crippen LogP contribution in [-0.2, 0) is 4.79 Å². The molecule has 1 aromatic carbocycles. The molecule has 1 aromatic rings. The smallest absolute Gasteiger partial charge is 0.223 e. The van der Waals surface area contributed by atoms with Crippen LogP contribution in [0.25, 0.3) is 0 Å². The molecule has 0 bridgehead atoms. The van der Waals surface area contributed by atoms with Gasteiger partial charge in [-0.25, -0.2) is 0 Å². The Morgan fingerprint density at radius 1 is 1.32 bits per heavy atom. The van der Waals surface area contributed by atoms with Crippen molar-refractivity contribution in [3.05, 3.63) is 35.4 Å². The number of nitrogens with zero attached hydrogens (tertiary/aromatic N) is 1. The Kier molecular flexibility index (Phi) is 4.25. The first kappa shape index (κ1) is 14.1. The van der Waals surface area contributed by atoms with E-state index in [1.54, 1.807) is 0 Å². The highest BCUT2D eigenvalue weighted by Gasteiger charge is 2.34. The minimum atomic E-state index is 0.0317. The summed E-state index contributed by atoms with van der Waals surface area (Å²) in [5.74, 6) is 0.697. The number of rotatable bonds is 3. The van der Waals surface area contributed by atoms with Crippen LogP contribution in [-0.4, -0.2) is 23.4 Å². The van der Waals surface area contributed by atoms with Gasteiger partial charge >= 0.3 is 0 Å². The summed E-state index contributed by atoms with van der Waals surface area (Å²) in [7, 11) is 0. The largest absolute Gasteiger partial charge is 0.334 e. The van der Waals surface area contributed by atoms with Crippen LogP contribution in [0, 0.1) is 12.8 Å². The van der Waals surface area contributed by atoms with E-state index in [4.69, 9.17) is 5.73 Å². The third kappa shape index (κ3) is 3.16. The fourth-order valence-corrected chi connectivity index (χ4v) is 2.78. The van der Waals surface area contributed by atoms with Crippen molar-refractivity contribution in [2.45, 2.75) is 45.7 Å². The standard InChI is InChI=1S/C16H24N2O/c1-11(2)10-18-15(19)9-8-14(17)16(18)13-6-4-12(3)5-7-13/h4-7,11,14,16H,8-10,17H2,1-3H3. The molecule has 1 amide bonds. The number of carbonyl (C=O) groups is 1. The summed E-state index contributed by atoms with van der Waals surface area (Å²) >= 11 is 0. The Morgan fingerprint density at radius 3 is 2.53 bits per heavy atom. The number of hydrogen-bond acceptors (Lipinski definition) is 2. The van der Waals surface area contributed by atoms with E-state index in [-0.39, 0.29) is 18.0 Å². The summed E-state index contributed by atoms with van der Waals surface area (Å²) in [6, 6.07) is 8.46. The number of benzene rings is 1. The maximum atomic E-state index is 12.2. The molecule has 0 aliphatic carbocycles. The highest BCUT2D eigenvalue weighted by atomic mass is 16.2. The Hall–Kier alpha value is -1.35. The number of carbonyl (C=O) groups excluding carboxylic acids is 1. The van der Waals surface area contributed by atoms with Crippen LogP contribution in [0.4, 0.5) is 0 Å². The normalized spacial score (nSPS) is 24.1. The van der Waals surface area contributed by atoms with Crippen molar-refractivity contribution in [2.24, 2.45) is 11.7 Å². The van der Waals surface area contributed by atoms with E-state index < -0.39 is 0 Å². The molecule has 0 spiro atoms. The maximum absolute atomic E-state index is 12.2. The Bertz CT molecular complexity index is 439. The van der Waals surface area contributed by atoms with Crippen LogP contribution in [0.3, 0.4) is 0 Å². The minimum absolute atomic E-state index is 0.0317. The molecule has 2 N–H and O–H groups in total. The lowest BCUT2D eigenvalue weighted by Crippen LogP contribution is -2.49. The first-order chi connectivity index (χ1) is 8.99. The summed E-state index contributed by atoms with van der Waals surface area (Å²) in [6.45, 7) is 7.13. The number of piperidine rings is 1. The van der Waals surface area contributed by atoms with Gasteiger partial charge in [-0.2, -0.15) is 0 Å². The van der Waals surface area contributed by atoms with Crippen molar-refractivity contribution in [3.63, 3.8) is 0 Å². The van der Waals surface area contributed by atoms with Crippen LogP contribution in [0.5, 0.6) is 0 Å². The molecule has 3 heteroatoms. The van der Waals surface area contributed by atoms with E-state index in [1.807, 2.05) is 4.90 Å². The van der Waals surface area contributed by atoms with Crippen molar-refractivity contribution in [2.75, 3.05) is 6.54 Å². The van der Waals surface area contributed by atoms with Gasteiger partial charge in [-0.05, 0) is 24.8 Å². The fraction of sp³-hybridized carbons (Fsp3) is 0.562. The van der Waals surface area contributed by atoms with Gasteiger partial charge in [0.15, 0.2) is 0 Å². The van der Waals surface area contributed by atoms with Gasteiger partial charge in [0.1, 0.15) is 0 Å². The number of hydrogen-bond donors (Lipinski definition) is 1. The van der Waals surface area contributed by atoms with Gasteiger partial charge in [0.25, 0.3) is 0 Å². The first-order valence-corrected chi connectivity index (χ1v) is 7.10. The molecule has 19 heavy (non-hydrogen) atoms. The monoisotopic (exact) mass is 260 g/mol. The van der Waals surface area contributed by atoms with Crippen LogP contribution in [0.2, 0.25) is 0 Å². The third-order valence-electron chi connectivity index (χ3n) is 3.73. The summed E-state index contributed by atoms with van der Waals surface area (Å²) in [4.78, 5) is 14.2. The molecule has 2 atom stereocenters. The quantitative estimate of drug-likeness (QED) is 0.908. The number of aryl methyl sites for hydroxylation is 1. The van der Waals surface area contributed by atoms with Crippen LogP contribution >= 0.6 is 0 Å². The minimum Gasteiger partial charge on any atom is -0.334 e. The zero-order chi connectivity index (χ0) is 14.0. The van der Waals surface area contributed by atoms with Crippen molar-refractivity contribution in [1.82, 2.24) is 4.90 Å². The highest BCUT2D eigenvalue weighted by Crippen LogP contribution is 2.31. The van der Waals surface area contributed by atoms with E-state index >= 15 is 0 Å². The molecule has 1 heterocycles. The molecule has 1 saturated heterocycles. The van der Waals surface area contributed by atoms with Crippen molar-refractivity contribution < 1.29 is 4.79 Å². The molecular formula is C16H24N2O. The van der Waals surface area contributed by atoms with Crippen LogP contribution in [0.15, 0.2) is 24.3 Å². The van der Waals surface area contributed by atoms with Crippen LogP contribution < -0.4 is 5.73 Å². The van der Waals surface area contributed by atoms with Gasteiger partial charge in [-0.1, -0.05) is 43.7 Å². The second kappa shape index (κ2) is 5.74. The molecule has 2 rings (SSSR count). The van der Waals surface area contributed by atoms with Gasteiger partial charge in [0, 0.05) is 19.0 Å². The second-order valence-corrected chi connectivity index (χ2v) is 6.00. The molecule has 0 saturated carbocycles. The van der Waals surface area contributed by atoms with E-state index in [1.165, 1.54) is 5.56 Å². The zero-order valence-electron chi connectivity index (χ0n) is 12.1. The molecule has 1 aliphatic rings. The molecule has 1 aliphatic heterocycles. The van der Waals surface area contributed by atoms with E-state index in [0.29, 0.717) is 12.3 Å². The molecular weight excluding hydrogens is 236 g/mol.